The fraction of sp³-hybridized carbons (Fsp3) is 0.455. The summed E-state index contributed by atoms with van der Waals surface area (Å²) in [6.45, 7) is 0.757. The first-order valence-electron chi connectivity index (χ1n) is 5.08. The van der Waals surface area contributed by atoms with Crippen LogP contribution in [0.1, 0.15) is 24.4 Å². The van der Waals surface area contributed by atoms with Gasteiger partial charge in [0.1, 0.15) is 0 Å². The van der Waals surface area contributed by atoms with E-state index in [-0.39, 0.29) is 6.04 Å². The molecular formula is C11H16Br2N2O. The zero-order valence-electron chi connectivity index (χ0n) is 9.17. The zero-order valence-corrected chi connectivity index (χ0v) is 12.3. The molecule has 0 amide bonds. The van der Waals surface area contributed by atoms with Crippen LogP contribution in [0.15, 0.2) is 27.1 Å². The van der Waals surface area contributed by atoms with Crippen LogP contribution in [0, 0.1) is 0 Å². The summed E-state index contributed by atoms with van der Waals surface area (Å²) in [6, 6.07) is 6.31. The molecule has 0 fully saturated rings. The highest BCUT2D eigenvalue weighted by atomic mass is 79.9. The van der Waals surface area contributed by atoms with Gasteiger partial charge in [-0.15, -0.1) is 0 Å². The number of ether oxygens (including phenoxy) is 1. The second-order valence-corrected chi connectivity index (χ2v) is 5.39. The van der Waals surface area contributed by atoms with Crippen LogP contribution in [0.3, 0.4) is 0 Å². The summed E-state index contributed by atoms with van der Waals surface area (Å²) in [6.07, 6.45) is 1.93. The predicted octanol–water partition coefficient (Wildman–Crippen LogP) is 3.14. The van der Waals surface area contributed by atoms with E-state index in [2.05, 4.69) is 49.4 Å². The Labute approximate surface area is 113 Å². The Bertz CT molecular complexity index is 314. The molecule has 5 heteroatoms. The van der Waals surface area contributed by atoms with Crippen LogP contribution in [-0.4, -0.2) is 13.7 Å². The number of nitrogens with one attached hydrogen (secondary N) is 1. The molecule has 0 saturated heterocycles. The number of halogens is 2. The smallest absolute Gasteiger partial charge is 0.0462 e. The van der Waals surface area contributed by atoms with E-state index < -0.39 is 0 Å². The third-order valence-corrected chi connectivity index (χ3v) is 3.25. The molecule has 3 N–H and O–H groups in total. The molecule has 0 aromatic heterocycles. The Balaban J connectivity index is 2.70. The van der Waals surface area contributed by atoms with Crippen molar-refractivity contribution in [3.05, 3.63) is 32.7 Å². The fourth-order valence-corrected chi connectivity index (χ4v) is 2.88. The molecule has 90 valence electrons. The van der Waals surface area contributed by atoms with Crippen molar-refractivity contribution >= 4 is 31.9 Å². The number of hydrogen-bond donors (Lipinski definition) is 2. The second kappa shape index (κ2) is 7.40. The zero-order chi connectivity index (χ0) is 12.0. The van der Waals surface area contributed by atoms with E-state index in [9.17, 15) is 0 Å². The molecule has 0 bridgehead atoms. The molecule has 0 aliphatic rings. The van der Waals surface area contributed by atoms with Gasteiger partial charge in [0.05, 0.1) is 0 Å². The summed E-state index contributed by atoms with van der Waals surface area (Å²) in [5, 5.41) is 0. The van der Waals surface area contributed by atoms with Crippen molar-refractivity contribution in [3.8, 4) is 0 Å². The number of benzene rings is 1. The lowest BCUT2D eigenvalue weighted by Gasteiger charge is -2.16. The SMILES string of the molecule is COCCCC(NN)c1cc(Br)cc(Br)c1. The average Bonchev–Trinajstić information content (AvgIpc) is 2.23. The summed E-state index contributed by atoms with van der Waals surface area (Å²) >= 11 is 6.94. The summed E-state index contributed by atoms with van der Waals surface area (Å²) in [4.78, 5) is 0. The first-order chi connectivity index (χ1) is 7.67. The van der Waals surface area contributed by atoms with E-state index in [1.165, 1.54) is 5.56 Å². The van der Waals surface area contributed by atoms with Crippen molar-refractivity contribution in [2.24, 2.45) is 5.84 Å². The number of nitrogens with two attached hydrogens (primary N) is 1. The maximum atomic E-state index is 5.57. The van der Waals surface area contributed by atoms with Crippen molar-refractivity contribution in [2.75, 3.05) is 13.7 Å². The van der Waals surface area contributed by atoms with Crippen molar-refractivity contribution in [1.29, 1.82) is 0 Å². The molecule has 3 nitrogen and oxygen atoms in total. The Kier molecular flexibility index (Phi) is 6.53. The molecule has 1 aromatic carbocycles. The normalized spacial score (nSPS) is 12.8. The van der Waals surface area contributed by atoms with Gasteiger partial charge in [0.15, 0.2) is 0 Å². The lowest BCUT2D eigenvalue weighted by atomic mass is 10.0. The van der Waals surface area contributed by atoms with E-state index in [0.29, 0.717) is 0 Å². The number of rotatable bonds is 6. The lowest BCUT2D eigenvalue weighted by molar-refractivity contribution is 0.189. The van der Waals surface area contributed by atoms with Crippen molar-refractivity contribution in [2.45, 2.75) is 18.9 Å². The van der Waals surface area contributed by atoms with Crippen LogP contribution in [0.2, 0.25) is 0 Å². The maximum Gasteiger partial charge on any atom is 0.0462 e. The highest BCUT2D eigenvalue weighted by Gasteiger charge is 2.10. The van der Waals surface area contributed by atoms with Gasteiger partial charge in [-0.05, 0) is 36.6 Å². The number of methoxy groups -OCH3 is 1. The Morgan fingerprint density at radius 2 is 1.94 bits per heavy atom. The first kappa shape index (κ1) is 14.1. The van der Waals surface area contributed by atoms with Crippen LogP contribution < -0.4 is 11.3 Å². The van der Waals surface area contributed by atoms with Gasteiger partial charge in [0.2, 0.25) is 0 Å². The topological polar surface area (TPSA) is 47.3 Å². The third-order valence-electron chi connectivity index (χ3n) is 2.33. The highest BCUT2D eigenvalue weighted by Crippen LogP contribution is 2.26. The van der Waals surface area contributed by atoms with E-state index in [1.807, 2.05) is 6.07 Å². The van der Waals surface area contributed by atoms with Crippen molar-refractivity contribution < 1.29 is 4.74 Å². The molecule has 16 heavy (non-hydrogen) atoms. The van der Waals surface area contributed by atoms with Crippen LogP contribution in [0.4, 0.5) is 0 Å². The maximum absolute atomic E-state index is 5.57. The number of hydrogen-bond acceptors (Lipinski definition) is 3. The van der Waals surface area contributed by atoms with Gasteiger partial charge in [-0.2, -0.15) is 0 Å². The average molecular weight is 352 g/mol. The summed E-state index contributed by atoms with van der Waals surface area (Å²) in [5.41, 5.74) is 4.00. The quantitative estimate of drug-likeness (QED) is 0.470. The fourth-order valence-electron chi connectivity index (χ4n) is 1.55. The first-order valence-corrected chi connectivity index (χ1v) is 6.67. The largest absolute Gasteiger partial charge is 0.385 e. The molecule has 1 rings (SSSR count). The molecule has 1 aromatic rings. The molecule has 0 spiro atoms. The van der Waals surface area contributed by atoms with Crippen LogP contribution in [0.5, 0.6) is 0 Å². The van der Waals surface area contributed by atoms with E-state index in [4.69, 9.17) is 10.6 Å². The monoisotopic (exact) mass is 350 g/mol. The minimum Gasteiger partial charge on any atom is -0.385 e. The van der Waals surface area contributed by atoms with Gasteiger partial charge < -0.3 is 4.74 Å². The Hall–Kier alpha value is 0.0600. The minimum atomic E-state index is 0.156. The number of hydrazine groups is 1. The van der Waals surface area contributed by atoms with E-state index in [0.717, 1.165) is 28.4 Å². The molecule has 0 heterocycles. The van der Waals surface area contributed by atoms with Crippen molar-refractivity contribution in [3.63, 3.8) is 0 Å². The summed E-state index contributed by atoms with van der Waals surface area (Å²) in [7, 11) is 1.71. The van der Waals surface area contributed by atoms with Gasteiger partial charge in [-0.3, -0.25) is 11.3 Å². The summed E-state index contributed by atoms with van der Waals surface area (Å²) in [5.74, 6) is 5.57. The molecule has 1 atom stereocenters. The van der Waals surface area contributed by atoms with Gasteiger partial charge in [-0.25, -0.2) is 0 Å². The summed E-state index contributed by atoms with van der Waals surface area (Å²) < 4.78 is 7.12. The van der Waals surface area contributed by atoms with Crippen LogP contribution in [0.25, 0.3) is 0 Å². The van der Waals surface area contributed by atoms with E-state index in [1.54, 1.807) is 7.11 Å². The van der Waals surface area contributed by atoms with Crippen LogP contribution >= 0.6 is 31.9 Å². The third kappa shape index (κ3) is 4.51. The lowest BCUT2D eigenvalue weighted by Crippen LogP contribution is -2.28. The van der Waals surface area contributed by atoms with Gasteiger partial charge in [-0.1, -0.05) is 31.9 Å². The standard InChI is InChI=1S/C11H16Br2N2O/c1-16-4-2-3-11(15-14)8-5-9(12)7-10(13)6-8/h5-7,11,15H,2-4,14H2,1H3. The molecule has 0 aliphatic carbocycles. The van der Waals surface area contributed by atoms with Gasteiger partial charge in [0, 0.05) is 28.7 Å². The second-order valence-electron chi connectivity index (χ2n) is 3.56. The molecule has 0 saturated carbocycles. The van der Waals surface area contributed by atoms with E-state index >= 15 is 0 Å². The highest BCUT2D eigenvalue weighted by molar-refractivity contribution is 9.11. The van der Waals surface area contributed by atoms with Crippen molar-refractivity contribution in [1.82, 2.24) is 5.43 Å². The molecule has 0 radical (unpaired) electrons. The van der Waals surface area contributed by atoms with Gasteiger partial charge >= 0.3 is 0 Å². The van der Waals surface area contributed by atoms with Crippen LogP contribution in [-0.2, 0) is 4.74 Å². The predicted molar refractivity (Wildman–Crippen MR) is 73.0 cm³/mol. The Morgan fingerprint density at radius 1 is 1.31 bits per heavy atom. The Morgan fingerprint density at radius 3 is 2.44 bits per heavy atom. The molecule has 0 aliphatic heterocycles. The minimum absolute atomic E-state index is 0.156. The molecule has 1 unspecified atom stereocenters. The van der Waals surface area contributed by atoms with Gasteiger partial charge in [0.25, 0.3) is 0 Å². The molecular weight excluding hydrogens is 336 g/mol.